The lowest BCUT2D eigenvalue weighted by Crippen LogP contribution is -2.37. The van der Waals surface area contributed by atoms with Gasteiger partial charge in [-0.1, -0.05) is 19.8 Å². The Bertz CT molecular complexity index is 330. The lowest BCUT2D eigenvalue weighted by molar-refractivity contribution is -0.134. The van der Waals surface area contributed by atoms with Crippen LogP contribution in [0.2, 0.25) is 0 Å². The van der Waals surface area contributed by atoms with Crippen molar-refractivity contribution in [3.8, 4) is 0 Å². The summed E-state index contributed by atoms with van der Waals surface area (Å²) in [5.74, 6) is -2.16. The Hall–Kier alpha value is -0.620. The first-order valence-electron chi connectivity index (χ1n) is 5.02. The van der Waals surface area contributed by atoms with Gasteiger partial charge in [0.1, 0.15) is 0 Å². The monoisotopic (exact) mass is 235 g/mol. The van der Waals surface area contributed by atoms with E-state index in [0.29, 0.717) is 6.54 Å². The highest BCUT2D eigenvalue weighted by molar-refractivity contribution is 7.90. The van der Waals surface area contributed by atoms with E-state index in [9.17, 15) is 13.2 Å². The highest BCUT2D eigenvalue weighted by Crippen LogP contribution is 2.36. The normalized spacial score (nSPS) is 20.3. The van der Waals surface area contributed by atoms with Crippen LogP contribution >= 0.6 is 0 Å². The quantitative estimate of drug-likeness (QED) is 0.729. The number of rotatable bonds is 5. The molecule has 1 aliphatic carbocycles. The van der Waals surface area contributed by atoms with Crippen LogP contribution < -0.4 is 4.72 Å². The molecule has 5 nitrogen and oxygen atoms in total. The number of carbonyl (C=O) groups is 1. The van der Waals surface area contributed by atoms with Crippen molar-refractivity contribution in [2.24, 2.45) is 5.41 Å². The molecule has 0 aromatic carbocycles. The Balaban J connectivity index is 2.45. The standard InChI is InChI=1S/C9H17NO4S/c1-9(4-2-3-5-9)7-10-15(13,14)6-8(11)12/h10H,2-7H2,1H3,(H,11,12). The lowest BCUT2D eigenvalue weighted by atomic mass is 9.89. The summed E-state index contributed by atoms with van der Waals surface area (Å²) in [5.41, 5.74) is 0.00553. The van der Waals surface area contributed by atoms with E-state index < -0.39 is 21.7 Å². The molecule has 0 heterocycles. The van der Waals surface area contributed by atoms with Crippen molar-refractivity contribution in [3.63, 3.8) is 0 Å². The van der Waals surface area contributed by atoms with Crippen LogP contribution in [0.1, 0.15) is 32.6 Å². The third-order valence-corrected chi connectivity index (χ3v) is 4.05. The molecule has 0 atom stereocenters. The third kappa shape index (κ3) is 4.17. The van der Waals surface area contributed by atoms with Crippen molar-refractivity contribution in [2.45, 2.75) is 32.6 Å². The zero-order valence-electron chi connectivity index (χ0n) is 8.82. The molecule has 0 radical (unpaired) electrons. The van der Waals surface area contributed by atoms with Crippen LogP contribution in [0.5, 0.6) is 0 Å². The molecule has 0 unspecified atom stereocenters. The van der Waals surface area contributed by atoms with E-state index in [0.717, 1.165) is 25.7 Å². The lowest BCUT2D eigenvalue weighted by Gasteiger charge is -2.23. The molecule has 6 heteroatoms. The van der Waals surface area contributed by atoms with Crippen LogP contribution in [0.3, 0.4) is 0 Å². The molecule has 1 aliphatic rings. The van der Waals surface area contributed by atoms with E-state index in [1.165, 1.54) is 0 Å². The number of carboxylic acid groups (broad SMARTS) is 1. The van der Waals surface area contributed by atoms with Crippen LogP contribution in [0.15, 0.2) is 0 Å². The second-order valence-electron chi connectivity index (χ2n) is 4.49. The van der Waals surface area contributed by atoms with Crippen LogP contribution in [-0.2, 0) is 14.8 Å². The zero-order chi connectivity index (χ0) is 11.5. The summed E-state index contributed by atoms with van der Waals surface area (Å²) in [5, 5.41) is 8.39. The summed E-state index contributed by atoms with van der Waals surface area (Å²) >= 11 is 0. The minimum atomic E-state index is -3.66. The maximum absolute atomic E-state index is 11.2. The zero-order valence-corrected chi connectivity index (χ0v) is 9.64. The first kappa shape index (κ1) is 12.4. The molecule has 0 aliphatic heterocycles. The topological polar surface area (TPSA) is 83.5 Å². The number of aliphatic carboxylic acids is 1. The highest BCUT2D eigenvalue weighted by atomic mass is 32.2. The summed E-state index contributed by atoms with van der Waals surface area (Å²) in [6, 6.07) is 0. The van der Waals surface area contributed by atoms with Gasteiger partial charge in [0, 0.05) is 6.54 Å². The average molecular weight is 235 g/mol. The Labute approximate surface area is 89.9 Å². The molecule has 88 valence electrons. The van der Waals surface area contributed by atoms with E-state index in [4.69, 9.17) is 5.11 Å². The van der Waals surface area contributed by atoms with Gasteiger partial charge in [-0.05, 0) is 18.3 Å². The predicted molar refractivity (Wildman–Crippen MR) is 56.0 cm³/mol. The summed E-state index contributed by atoms with van der Waals surface area (Å²) in [6.45, 7) is 2.38. The number of carboxylic acids is 1. The Morgan fingerprint density at radius 1 is 1.40 bits per heavy atom. The molecule has 15 heavy (non-hydrogen) atoms. The second kappa shape index (κ2) is 4.49. The van der Waals surface area contributed by atoms with E-state index in [2.05, 4.69) is 4.72 Å². The fourth-order valence-electron chi connectivity index (χ4n) is 1.90. The fraction of sp³-hybridized carbons (Fsp3) is 0.889. The van der Waals surface area contributed by atoms with Gasteiger partial charge >= 0.3 is 5.97 Å². The highest BCUT2D eigenvalue weighted by Gasteiger charge is 2.30. The van der Waals surface area contributed by atoms with Crippen LogP contribution in [0.4, 0.5) is 0 Å². The third-order valence-electron chi connectivity index (χ3n) is 2.84. The van der Waals surface area contributed by atoms with Crippen LogP contribution in [0, 0.1) is 5.41 Å². The number of sulfonamides is 1. The number of hydrogen-bond donors (Lipinski definition) is 2. The predicted octanol–water partition coefficient (Wildman–Crippen LogP) is 0.571. The van der Waals surface area contributed by atoms with Gasteiger partial charge < -0.3 is 5.11 Å². The first-order valence-corrected chi connectivity index (χ1v) is 6.67. The molecule has 0 saturated heterocycles. The van der Waals surface area contributed by atoms with E-state index in [1.807, 2.05) is 6.92 Å². The molecular weight excluding hydrogens is 218 g/mol. The summed E-state index contributed by atoms with van der Waals surface area (Å²) in [6.07, 6.45) is 4.25. The van der Waals surface area contributed by atoms with E-state index in [1.54, 1.807) is 0 Å². The molecular formula is C9H17NO4S. The van der Waals surface area contributed by atoms with Gasteiger partial charge in [0.15, 0.2) is 5.75 Å². The van der Waals surface area contributed by atoms with Crippen molar-refractivity contribution in [3.05, 3.63) is 0 Å². The van der Waals surface area contributed by atoms with Crippen molar-refractivity contribution >= 4 is 16.0 Å². The van der Waals surface area contributed by atoms with Crippen molar-refractivity contribution in [1.82, 2.24) is 4.72 Å². The minimum absolute atomic E-state index is 0.00553. The fourth-order valence-corrected chi connectivity index (χ4v) is 2.90. The van der Waals surface area contributed by atoms with E-state index in [-0.39, 0.29) is 5.41 Å². The van der Waals surface area contributed by atoms with Gasteiger partial charge in [-0.3, -0.25) is 4.79 Å². The minimum Gasteiger partial charge on any atom is -0.480 e. The molecule has 0 spiro atoms. The number of nitrogens with one attached hydrogen (secondary N) is 1. The molecule has 2 N–H and O–H groups in total. The number of hydrogen-bond acceptors (Lipinski definition) is 3. The van der Waals surface area contributed by atoms with Crippen LogP contribution in [0.25, 0.3) is 0 Å². The molecule has 0 amide bonds. The van der Waals surface area contributed by atoms with Gasteiger partial charge in [0.25, 0.3) is 0 Å². The van der Waals surface area contributed by atoms with Gasteiger partial charge in [-0.15, -0.1) is 0 Å². The maximum atomic E-state index is 11.2. The van der Waals surface area contributed by atoms with Gasteiger partial charge in [-0.25, -0.2) is 13.1 Å². The SMILES string of the molecule is CC1(CNS(=O)(=O)CC(=O)O)CCCC1. The first-order chi connectivity index (χ1) is 6.83. The summed E-state index contributed by atoms with van der Waals surface area (Å²) in [7, 11) is -3.66. The largest absolute Gasteiger partial charge is 0.480 e. The summed E-state index contributed by atoms with van der Waals surface area (Å²) in [4.78, 5) is 10.3. The van der Waals surface area contributed by atoms with Crippen LogP contribution in [-0.4, -0.2) is 31.8 Å². The van der Waals surface area contributed by atoms with Crippen molar-refractivity contribution in [1.29, 1.82) is 0 Å². The van der Waals surface area contributed by atoms with Gasteiger partial charge in [0.2, 0.25) is 10.0 Å². The molecule has 1 saturated carbocycles. The Morgan fingerprint density at radius 2 is 1.93 bits per heavy atom. The smallest absolute Gasteiger partial charge is 0.320 e. The second-order valence-corrected chi connectivity index (χ2v) is 6.30. The average Bonchev–Trinajstić information content (AvgIpc) is 2.48. The molecule has 0 aromatic heterocycles. The molecule has 0 bridgehead atoms. The Kier molecular flexibility index (Phi) is 3.72. The van der Waals surface area contributed by atoms with E-state index >= 15 is 0 Å². The van der Waals surface area contributed by atoms with Gasteiger partial charge in [-0.2, -0.15) is 0 Å². The Morgan fingerprint density at radius 3 is 2.40 bits per heavy atom. The van der Waals surface area contributed by atoms with Crippen molar-refractivity contribution < 1.29 is 18.3 Å². The summed E-state index contributed by atoms with van der Waals surface area (Å²) < 4.78 is 24.9. The molecule has 0 aromatic rings. The molecule has 1 rings (SSSR count). The van der Waals surface area contributed by atoms with Gasteiger partial charge in [0.05, 0.1) is 0 Å². The maximum Gasteiger partial charge on any atom is 0.320 e. The molecule has 1 fully saturated rings. The van der Waals surface area contributed by atoms with Crippen molar-refractivity contribution in [2.75, 3.05) is 12.3 Å².